The molecule has 0 rings (SSSR count). The summed E-state index contributed by atoms with van der Waals surface area (Å²) in [5, 5.41) is 0. The van der Waals surface area contributed by atoms with Gasteiger partial charge in [-0.15, -0.1) is 15.3 Å². The zero-order chi connectivity index (χ0) is 8.91. The lowest BCUT2D eigenvalue weighted by atomic mass is 10.9. The lowest BCUT2D eigenvalue weighted by Gasteiger charge is -2.29. The van der Waals surface area contributed by atoms with Gasteiger partial charge < -0.3 is 0 Å². The van der Waals surface area contributed by atoms with Crippen LogP contribution in [-0.2, 0) is 0 Å². The number of hydrogen-bond donors (Lipinski definition) is 0. The predicted molar refractivity (Wildman–Crippen MR) is 62.4 cm³/mol. The van der Waals surface area contributed by atoms with Crippen LogP contribution in [0.25, 0.3) is 0 Å². The zero-order valence-corrected chi connectivity index (χ0v) is 11.8. The molecule has 1 radical (unpaired) electrons. The summed E-state index contributed by atoms with van der Waals surface area (Å²) in [7, 11) is -0.00643. The molecule has 0 nitrogen and oxygen atoms in total. The average molecular weight is 252 g/mol. The maximum atomic E-state index is 4.05. The molecule has 0 aromatic carbocycles. The highest BCUT2D eigenvalue weighted by Gasteiger charge is 2.34. The average Bonchev–Trinajstić information content (AvgIpc) is 2.06. The Balaban J connectivity index is 4.19. The summed E-state index contributed by atoms with van der Waals surface area (Å²) in [5.41, 5.74) is 0. The van der Waals surface area contributed by atoms with Gasteiger partial charge in [0.2, 0.25) is 0 Å². The van der Waals surface area contributed by atoms with Crippen LogP contribution in [0.5, 0.6) is 0 Å². The van der Waals surface area contributed by atoms with Gasteiger partial charge in [-0.05, 0) is 0 Å². The maximum Gasteiger partial charge on any atom is 0.119 e. The van der Waals surface area contributed by atoms with Gasteiger partial charge in [-0.1, -0.05) is 51.9 Å². The van der Waals surface area contributed by atoms with Crippen molar-refractivity contribution in [2.75, 3.05) is 0 Å². The Morgan fingerprint density at radius 2 is 1.36 bits per heavy atom. The smallest absolute Gasteiger partial charge is 0.119 e. The van der Waals surface area contributed by atoms with Crippen LogP contribution in [0.4, 0.5) is 0 Å². The molecule has 0 fully saturated rings. The Morgan fingerprint density at radius 3 is 1.45 bits per heavy atom. The first-order chi connectivity index (χ1) is 5.14. The Bertz CT molecular complexity index is 98.3. The number of rotatable bonds is 5. The van der Waals surface area contributed by atoms with Gasteiger partial charge in [-0.2, -0.15) is 0 Å². The molecule has 0 aromatic rings. The first-order valence-corrected chi connectivity index (χ1v) is 12.3. The van der Waals surface area contributed by atoms with Gasteiger partial charge >= 0.3 is 0 Å². The molecule has 0 aliphatic rings. The van der Waals surface area contributed by atoms with Crippen LogP contribution >= 0.6 is 15.3 Å². The van der Waals surface area contributed by atoms with E-state index in [9.17, 15) is 0 Å². The first kappa shape index (κ1) is 11.9. The fourth-order valence-electron chi connectivity index (χ4n) is 1.63. The fraction of sp³-hybridized carbons (Fsp3) is 1.00. The molecule has 0 spiro atoms. The third-order valence-corrected chi connectivity index (χ3v) is 24.3. The monoisotopic (exact) mass is 251 g/mol. The molecular formula is C8H20BrSi2. The summed E-state index contributed by atoms with van der Waals surface area (Å²) in [6.45, 7) is 9.46. The van der Waals surface area contributed by atoms with E-state index in [0.29, 0.717) is 0 Å². The molecule has 0 saturated carbocycles. The molecule has 0 amide bonds. The number of halogens is 1. The minimum Gasteiger partial charge on any atom is -0.130 e. The molecule has 0 unspecified atom stereocenters. The van der Waals surface area contributed by atoms with Crippen LogP contribution in [0.3, 0.4) is 0 Å². The van der Waals surface area contributed by atoms with E-state index in [4.69, 9.17) is 0 Å². The van der Waals surface area contributed by atoms with E-state index in [-0.39, 0.29) is 8.31 Å². The van der Waals surface area contributed by atoms with Crippen LogP contribution in [0, 0.1) is 0 Å². The van der Waals surface area contributed by atoms with Crippen LogP contribution in [0.2, 0.25) is 24.2 Å². The van der Waals surface area contributed by atoms with Crippen LogP contribution in [-0.4, -0.2) is 14.5 Å². The first-order valence-electron chi connectivity index (χ1n) is 4.68. The summed E-state index contributed by atoms with van der Waals surface area (Å²) < 4.78 is 0. The second-order valence-electron chi connectivity index (χ2n) is 2.98. The van der Waals surface area contributed by atoms with E-state index >= 15 is 0 Å². The predicted octanol–water partition coefficient (Wildman–Crippen LogP) is 3.98. The molecule has 0 aliphatic carbocycles. The quantitative estimate of drug-likeness (QED) is 0.513. The van der Waals surface area contributed by atoms with E-state index < -0.39 is 6.21 Å². The third-order valence-electron chi connectivity index (χ3n) is 2.61. The van der Waals surface area contributed by atoms with Crippen molar-refractivity contribution in [2.24, 2.45) is 0 Å². The minimum atomic E-state index is -0.912. The topological polar surface area (TPSA) is 0 Å². The molecule has 0 heterocycles. The Labute approximate surface area is 81.8 Å². The van der Waals surface area contributed by atoms with Crippen molar-refractivity contribution in [3.05, 3.63) is 0 Å². The highest BCUT2D eigenvalue weighted by Crippen LogP contribution is 2.29. The molecule has 3 heteroatoms. The molecule has 67 valence electrons. The Hall–Kier alpha value is 0.914. The van der Waals surface area contributed by atoms with E-state index in [1.54, 1.807) is 0 Å². The second kappa shape index (κ2) is 5.54. The van der Waals surface area contributed by atoms with Gasteiger partial charge in [0.15, 0.2) is 0 Å². The lowest BCUT2D eigenvalue weighted by molar-refractivity contribution is 1.29. The van der Waals surface area contributed by atoms with E-state index in [1.165, 1.54) is 24.2 Å². The van der Waals surface area contributed by atoms with Crippen LogP contribution in [0.1, 0.15) is 27.7 Å². The van der Waals surface area contributed by atoms with Crippen LogP contribution < -0.4 is 0 Å². The van der Waals surface area contributed by atoms with Crippen molar-refractivity contribution in [1.29, 1.82) is 0 Å². The Kier molecular flexibility index (Phi) is 6.00. The standard InChI is InChI=1S/C8H20BrSi2/c1-5-10(6-2)11(9,7-3)8-4/h5-8H2,1-4H3. The van der Waals surface area contributed by atoms with Gasteiger partial charge in [-0.3, -0.25) is 0 Å². The van der Waals surface area contributed by atoms with Crippen LogP contribution in [0.15, 0.2) is 0 Å². The molecule has 0 saturated heterocycles. The van der Waals surface area contributed by atoms with Gasteiger partial charge in [0, 0.05) is 0 Å². The summed E-state index contributed by atoms with van der Waals surface area (Å²) in [6.07, 6.45) is -0.912. The second-order valence-corrected chi connectivity index (χ2v) is 20.7. The summed E-state index contributed by atoms with van der Waals surface area (Å²) in [4.78, 5) is 0. The lowest BCUT2D eigenvalue weighted by Crippen LogP contribution is -2.43. The minimum absolute atomic E-state index is 0.00643. The summed E-state index contributed by atoms with van der Waals surface area (Å²) in [6, 6.07) is 5.78. The molecule has 0 aliphatic heterocycles. The van der Waals surface area contributed by atoms with E-state index in [2.05, 4.69) is 43.0 Å². The normalized spacial score (nSPS) is 12.5. The highest BCUT2D eigenvalue weighted by atomic mass is 79.9. The third kappa shape index (κ3) is 3.03. The maximum absolute atomic E-state index is 4.05. The summed E-state index contributed by atoms with van der Waals surface area (Å²) >= 11 is 4.05. The number of hydrogen-bond acceptors (Lipinski definition) is 0. The van der Waals surface area contributed by atoms with Gasteiger partial charge in [0.1, 0.15) is 6.21 Å². The zero-order valence-electron chi connectivity index (χ0n) is 8.21. The fourth-order valence-corrected chi connectivity index (χ4v) is 16.7. The van der Waals surface area contributed by atoms with Crippen molar-refractivity contribution in [3.63, 3.8) is 0 Å². The van der Waals surface area contributed by atoms with Crippen molar-refractivity contribution in [1.82, 2.24) is 0 Å². The largest absolute Gasteiger partial charge is 0.130 e. The van der Waals surface area contributed by atoms with Gasteiger partial charge in [-0.25, -0.2) is 0 Å². The van der Waals surface area contributed by atoms with Crippen molar-refractivity contribution in [3.8, 4) is 0 Å². The van der Waals surface area contributed by atoms with Crippen molar-refractivity contribution < 1.29 is 0 Å². The van der Waals surface area contributed by atoms with Crippen molar-refractivity contribution >= 4 is 29.8 Å². The molecule has 0 N–H and O–H groups in total. The molecule has 0 aromatic heterocycles. The molecule has 11 heavy (non-hydrogen) atoms. The van der Waals surface area contributed by atoms with Gasteiger partial charge in [0.05, 0.1) is 8.31 Å². The Morgan fingerprint density at radius 1 is 1.00 bits per heavy atom. The molecule has 0 atom stereocenters. The highest BCUT2D eigenvalue weighted by molar-refractivity contribution is 9.27. The van der Waals surface area contributed by atoms with E-state index in [1.807, 2.05) is 0 Å². The van der Waals surface area contributed by atoms with Crippen molar-refractivity contribution in [2.45, 2.75) is 51.9 Å². The summed E-state index contributed by atoms with van der Waals surface area (Å²) in [5.74, 6) is 0. The van der Waals surface area contributed by atoms with E-state index in [0.717, 1.165) is 0 Å². The molecular weight excluding hydrogens is 232 g/mol. The molecule has 0 bridgehead atoms. The SMILES string of the molecule is CC[Si](CC)[Si](Br)(CC)CC. The van der Waals surface area contributed by atoms with Gasteiger partial charge in [0.25, 0.3) is 0 Å².